The van der Waals surface area contributed by atoms with Gasteiger partial charge in [-0.05, 0) is 58.8 Å². The third kappa shape index (κ3) is 11.0. The average molecular weight is 472 g/mol. The molecule has 0 aliphatic carbocycles. The van der Waals surface area contributed by atoms with Crippen LogP contribution in [0.5, 0.6) is 5.75 Å². The molecule has 0 radical (unpaired) electrons. The molecule has 11 heteroatoms. The highest BCUT2D eigenvalue weighted by Crippen LogP contribution is 2.29. The molecule has 4 N–H and O–H groups in total. The third-order valence-electron chi connectivity index (χ3n) is 5.22. The van der Waals surface area contributed by atoms with E-state index in [-0.39, 0.29) is 29.7 Å². The van der Waals surface area contributed by atoms with Crippen molar-refractivity contribution in [3.8, 4) is 5.75 Å². The van der Waals surface area contributed by atoms with Crippen LogP contribution >= 0.6 is 0 Å². The molecule has 1 aromatic rings. The lowest BCUT2D eigenvalue weighted by atomic mass is 9.90. The number of benzene rings is 1. The first kappa shape index (κ1) is 28.9. The van der Waals surface area contributed by atoms with Crippen LogP contribution in [-0.2, 0) is 14.3 Å². The summed E-state index contributed by atoms with van der Waals surface area (Å²) in [6, 6.07) is 6.01. The number of nitro benzene ring substituents is 1. The number of methoxy groups -OCH3 is 1. The second kappa shape index (κ2) is 12.9. The van der Waals surface area contributed by atoms with E-state index in [0.717, 1.165) is 38.9 Å². The standard InChI is InChI=1S/C18H27N3O5.C3H8O2.CH2O/c1-18(19)7-9-20(10-8-18)12-16(24-2)15-11-17(26-15)25-14-5-3-13(4-6-14)21(22)23;1-3(2,4)5;1-2/h3-6,15-17H,7-12,19H2,1-2H3;4-5H,1-2H3;1H2. The van der Waals surface area contributed by atoms with Crippen LogP contribution in [0.3, 0.4) is 0 Å². The Morgan fingerprint density at radius 3 is 2.21 bits per heavy atom. The Morgan fingerprint density at radius 1 is 1.30 bits per heavy atom. The maximum absolute atomic E-state index is 10.7. The summed E-state index contributed by atoms with van der Waals surface area (Å²) in [6.07, 6.45) is 2.36. The van der Waals surface area contributed by atoms with Crippen molar-refractivity contribution in [3.05, 3.63) is 34.4 Å². The van der Waals surface area contributed by atoms with Gasteiger partial charge in [-0.3, -0.25) is 10.1 Å². The number of likely N-dealkylation sites (tertiary alicyclic amines) is 1. The number of aliphatic hydroxyl groups is 2. The minimum atomic E-state index is -1.50. The molecule has 3 rings (SSSR count). The number of carbonyl (C=O) groups excluding carboxylic acids is 1. The Balaban J connectivity index is 0.000000689. The minimum Gasteiger partial charge on any atom is -0.465 e. The van der Waals surface area contributed by atoms with Crippen LogP contribution in [0.1, 0.15) is 40.0 Å². The SMILES string of the molecule is C=O.CC(C)(O)O.COC(CN1CCC(C)(N)CC1)C1CC(Oc2ccc([N+](=O)[O-])cc2)O1. The molecule has 11 nitrogen and oxygen atoms in total. The van der Waals surface area contributed by atoms with E-state index < -0.39 is 10.7 Å². The maximum Gasteiger partial charge on any atom is 0.269 e. The molecule has 0 bridgehead atoms. The van der Waals surface area contributed by atoms with Crippen molar-refractivity contribution in [2.24, 2.45) is 5.73 Å². The Hall–Kier alpha value is -2.15. The van der Waals surface area contributed by atoms with Gasteiger partial charge in [0.2, 0.25) is 6.29 Å². The number of hydrogen-bond acceptors (Lipinski definition) is 10. The maximum atomic E-state index is 10.7. The fourth-order valence-corrected chi connectivity index (χ4v) is 3.33. The number of nitrogens with zero attached hydrogens (tertiary/aromatic N) is 2. The normalized spacial score (nSPS) is 23.0. The molecule has 0 aromatic heterocycles. The molecule has 1 aromatic carbocycles. The average Bonchev–Trinajstić information content (AvgIpc) is 2.71. The quantitative estimate of drug-likeness (QED) is 0.302. The third-order valence-corrected chi connectivity index (χ3v) is 5.22. The van der Waals surface area contributed by atoms with Crippen LogP contribution in [0.2, 0.25) is 0 Å². The highest BCUT2D eigenvalue weighted by Gasteiger charge is 2.39. The summed E-state index contributed by atoms with van der Waals surface area (Å²) < 4.78 is 17.1. The second-order valence-corrected chi connectivity index (χ2v) is 8.93. The molecule has 2 heterocycles. The highest BCUT2D eigenvalue weighted by molar-refractivity contribution is 5.36. The highest BCUT2D eigenvalue weighted by atomic mass is 16.7. The molecular formula is C22H37N3O8. The second-order valence-electron chi connectivity index (χ2n) is 8.93. The fraction of sp³-hybridized carbons (Fsp3) is 0.682. The van der Waals surface area contributed by atoms with E-state index in [9.17, 15) is 10.1 Å². The predicted octanol–water partition coefficient (Wildman–Crippen LogP) is 1.44. The molecular weight excluding hydrogens is 434 g/mol. The smallest absolute Gasteiger partial charge is 0.269 e. The lowest BCUT2D eigenvalue weighted by Crippen LogP contribution is -2.55. The molecule has 0 spiro atoms. The zero-order chi connectivity index (χ0) is 25.2. The minimum absolute atomic E-state index is 0.00534. The van der Waals surface area contributed by atoms with Gasteiger partial charge in [0.15, 0.2) is 5.79 Å². The number of non-ortho nitro benzene ring substituents is 1. The topological polar surface area (TPSA) is 158 Å². The molecule has 0 amide bonds. The Bertz CT molecular complexity index is 701. The van der Waals surface area contributed by atoms with Gasteiger partial charge in [-0.1, -0.05) is 0 Å². The van der Waals surface area contributed by atoms with Gasteiger partial charge in [-0.2, -0.15) is 0 Å². The van der Waals surface area contributed by atoms with Crippen molar-refractivity contribution in [2.75, 3.05) is 26.7 Å². The molecule has 2 saturated heterocycles. The lowest BCUT2D eigenvalue weighted by molar-refractivity contribution is -0.384. The van der Waals surface area contributed by atoms with Crippen molar-refractivity contribution in [3.63, 3.8) is 0 Å². The largest absolute Gasteiger partial charge is 0.465 e. The summed E-state index contributed by atoms with van der Waals surface area (Å²) >= 11 is 0. The monoisotopic (exact) mass is 471 g/mol. The van der Waals surface area contributed by atoms with Gasteiger partial charge in [0.05, 0.1) is 17.1 Å². The number of hydrogen-bond donors (Lipinski definition) is 3. The summed E-state index contributed by atoms with van der Waals surface area (Å²) in [4.78, 5) is 20.6. The first-order valence-corrected chi connectivity index (χ1v) is 10.7. The van der Waals surface area contributed by atoms with Gasteiger partial charge in [-0.25, -0.2) is 0 Å². The van der Waals surface area contributed by atoms with Gasteiger partial charge in [0.1, 0.15) is 12.5 Å². The van der Waals surface area contributed by atoms with Crippen molar-refractivity contribution in [2.45, 2.75) is 69.9 Å². The molecule has 3 unspecified atom stereocenters. The van der Waals surface area contributed by atoms with Gasteiger partial charge in [-0.15, -0.1) is 0 Å². The van der Waals surface area contributed by atoms with Crippen molar-refractivity contribution in [1.29, 1.82) is 0 Å². The van der Waals surface area contributed by atoms with Gasteiger partial charge in [0.25, 0.3) is 5.69 Å². The van der Waals surface area contributed by atoms with E-state index in [2.05, 4.69) is 11.8 Å². The molecule has 3 atom stereocenters. The van der Waals surface area contributed by atoms with E-state index >= 15 is 0 Å². The van der Waals surface area contributed by atoms with Crippen LogP contribution in [0.25, 0.3) is 0 Å². The summed E-state index contributed by atoms with van der Waals surface area (Å²) in [6.45, 7) is 9.47. The summed E-state index contributed by atoms with van der Waals surface area (Å²) in [7, 11) is 1.70. The fourth-order valence-electron chi connectivity index (χ4n) is 3.33. The lowest BCUT2D eigenvalue weighted by Gasteiger charge is -2.43. The number of rotatable bonds is 7. The van der Waals surface area contributed by atoms with E-state index in [1.807, 2.05) is 6.79 Å². The van der Waals surface area contributed by atoms with Crippen molar-refractivity contribution < 1.29 is 34.1 Å². The van der Waals surface area contributed by atoms with Crippen LogP contribution in [0.4, 0.5) is 5.69 Å². The van der Waals surface area contributed by atoms with Gasteiger partial charge in [0, 0.05) is 37.7 Å². The first-order chi connectivity index (χ1) is 15.4. The molecule has 2 fully saturated rings. The van der Waals surface area contributed by atoms with Crippen LogP contribution in [-0.4, -0.2) is 83.4 Å². The van der Waals surface area contributed by atoms with Gasteiger partial charge < -0.3 is 39.9 Å². The van der Waals surface area contributed by atoms with E-state index in [4.69, 9.17) is 35.0 Å². The molecule has 0 saturated carbocycles. The summed E-state index contributed by atoms with van der Waals surface area (Å²) in [5, 5.41) is 26.8. The number of nitrogens with two attached hydrogens (primary N) is 1. The molecule has 2 aliphatic rings. The van der Waals surface area contributed by atoms with E-state index in [0.29, 0.717) is 5.75 Å². The number of ether oxygens (including phenoxy) is 3. The number of carbonyl (C=O) groups is 1. The number of nitro groups is 1. The van der Waals surface area contributed by atoms with E-state index in [1.165, 1.54) is 26.0 Å². The molecule has 33 heavy (non-hydrogen) atoms. The summed E-state index contributed by atoms with van der Waals surface area (Å²) in [5.74, 6) is -0.939. The first-order valence-electron chi connectivity index (χ1n) is 10.7. The zero-order valence-corrected chi connectivity index (χ0v) is 19.8. The molecule has 188 valence electrons. The van der Waals surface area contributed by atoms with Crippen molar-refractivity contribution >= 4 is 12.5 Å². The molecule has 2 aliphatic heterocycles. The Morgan fingerprint density at radius 2 is 1.79 bits per heavy atom. The van der Waals surface area contributed by atoms with Crippen LogP contribution < -0.4 is 10.5 Å². The zero-order valence-electron chi connectivity index (χ0n) is 19.8. The number of piperidine rings is 1. The van der Waals surface area contributed by atoms with Crippen LogP contribution in [0, 0.1) is 10.1 Å². The Labute approximate surface area is 194 Å². The summed E-state index contributed by atoms with van der Waals surface area (Å²) in [5.41, 5.74) is 6.16. The van der Waals surface area contributed by atoms with Crippen molar-refractivity contribution in [1.82, 2.24) is 4.90 Å². The van der Waals surface area contributed by atoms with Crippen LogP contribution in [0.15, 0.2) is 24.3 Å². The van der Waals surface area contributed by atoms with Gasteiger partial charge >= 0.3 is 0 Å². The van der Waals surface area contributed by atoms with E-state index in [1.54, 1.807) is 19.2 Å². The predicted molar refractivity (Wildman–Crippen MR) is 122 cm³/mol. The Kier molecular flexibility index (Phi) is 11.3.